The molecule has 2 rings (SSSR count). The third-order valence-corrected chi connectivity index (χ3v) is 3.93. The van der Waals surface area contributed by atoms with Gasteiger partial charge in [-0.1, -0.05) is 23.7 Å². The highest BCUT2D eigenvalue weighted by atomic mass is 35.5. The van der Waals surface area contributed by atoms with Gasteiger partial charge in [-0.25, -0.2) is 0 Å². The first-order chi connectivity index (χ1) is 11.1. The maximum atomic E-state index is 12.0. The van der Waals surface area contributed by atoms with Crippen LogP contribution in [0, 0.1) is 0 Å². The zero-order valence-electron chi connectivity index (χ0n) is 13.5. The first-order valence-electron chi connectivity index (χ1n) is 7.77. The summed E-state index contributed by atoms with van der Waals surface area (Å²) in [6.45, 7) is 6.41. The van der Waals surface area contributed by atoms with Crippen LogP contribution in [0.5, 0.6) is 0 Å². The first-order valence-corrected chi connectivity index (χ1v) is 8.15. The van der Waals surface area contributed by atoms with Crippen LogP contribution >= 0.6 is 11.6 Å². The Morgan fingerprint density at radius 1 is 1.04 bits per heavy atom. The Bertz CT molecular complexity index is 639. The maximum absolute atomic E-state index is 12.0. The molecule has 0 radical (unpaired) electrons. The number of benzene rings is 2. The van der Waals surface area contributed by atoms with Gasteiger partial charge in [0, 0.05) is 24.5 Å². The number of rotatable bonds is 7. The lowest BCUT2D eigenvalue weighted by Gasteiger charge is -2.21. The molecule has 0 saturated heterocycles. The number of halogens is 1. The van der Waals surface area contributed by atoms with E-state index in [0.29, 0.717) is 10.7 Å². The molecule has 0 atom stereocenters. The minimum Gasteiger partial charge on any atom is -0.376 e. The lowest BCUT2D eigenvalue weighted by atomic mass is 10.2. The van der Waals surface area contributed by atoms with Crippen molar-refractivity contribution in [1.29, 1.82) is 0 Å². The Balaban J connectivity index is 1.88. The maximum Gasteiger partial charge on any atom is 0.243 e. The van der Waals surface area contributed by atoms with Crippen molar-refractivity contribution in [3.8, 4) is 0 Å². The summed E-state index contributed by atoms with van der Waals surface area (Å²) in [6, 6.07) is 15.3. The van der Waals surface area contributed by atoms with E-state index in [4.69, 9.17) is 11.6 Å². The van der Waals surface area contributed by atoms with Gasteiger partial charge < -0.3 is 15.5 Å². The number of nitrogens with zero attached hydrogens (tertiary/aromatic N) is 1. The number of hydrogen-bond acceptors (Lipinski definition) is 3. The second-order valence-corrected chi connectivity index (χ2v) is 5.51. The molecule has 4 nitrogen and oxygen atoms in total. The van der Waals surface area contributed by atoms with Crippen molar-refractivity contribution in [2.24, 2.45) is 0 Å². The standard InChI is InChI=1S/C18H22ClN3O/c1-3-22(4-2)15-11-9-14(10-12-15)20-13-18(23)21-17-8-6-5-7-16(17)19/h5-12,20H,3-4,13H2,1-2H3,(H,21,23). The number of carbonyl (C=O) groups excluding carboxylic acids is 1. The van der Waals surface area contributed by atoms with Gasteiger partial charge in [0.2, 0.25) is 5.91 Å². The molecule has 1 amide bonds. The number of amides is 1. The number of carbonyl (C=O) groups is 1. The molecular formula is C18H22ClN3O. The third-order valence-electron chi connectivity index (χ3n) is 3.60. The molecule has 2 aromatic carbocycles. The largest absolute Gasteiger partial charge is 0.376 e. The third kappa shape index (κ3) is 4.89. The number of anilines is 3. The van der Waals surface area contributed by atoms with Crippen LogP contribution < -0.4 is 15.5 Å². The van der Waals surface area contributed by atoms with E-state index < -0.39 is 0 Å². The van der Waals surface area contributed by atoms with Crippen molar-refractivity contribution >= 4 is 34.6 Å². The van der Waals surface area contributed by atoms with Crippen molar-refractivity contribution < 1.29 is 4.79 Å². The predicted octanol–water partition coefficient (Wildman–Crippen LogP) is 4.24. The van der Waals surface area contributed by atoms with Gasteiger partial charge in [0.1, 0.15) is 0 Å². The van der Waals surface area contributed by atoms with E-state index in [2.05, 4.69) is 41.5 Å². The van der Waals surface area contributed by atoms with Gasteiger partial charge in [-0.05, 0) is 50.2 Å². The van der Waals surface area contributed by atoms with E-state index >= 15 is 0 Å². The molecule has 0 saturated carbocycles. The van der Waals surface area contributed by atoms with Crippen LogP contribution in [0.15, 0.2) is 48.5 Å². The van der Waals surface area contributed by atoms with Crippen LogP contribution in [0.25, 0.3) is 0 Å². The summed E-state index contributed by atoms with van der Waals surface area (Å²) in [7, 11) is 0. The molecule has 0 spiro atoms. The van der Waals surface area contributed by atoms with E-state index in [-0.39, 0.29) is 12.5 Å². The Hall–Kier alpha value is -2.20. The first kappa shape index (κ1) is 17.2. The Morgan fingerprint density at radius 2 is 1.70 bits per heavy atom. The fourth-order valence-electron chi connectivity index (χ4n) is 2.32. The van der Waals surface area contributed by atoms with E-state index in [1.54, 1.807) is 12.1 Å². The van der Waals surface area contributed by atoms with E-state index in [0.717, 1.165) is 18.8 Å². The summed E-state index contributed by atoms with van der Waals surface area (Å²) in [5.41, 5.74) is 2.72. The zero-order valence-corrected chi connectivity index (χ0v) is 14.2. The molecule has 0 unspecified atom stereocenters. The van der Waals surface area contributed by atoms with Crippen LogP contribution in [0.1, 0.15) is 13.8 Å². The van der Waals surface area contributed by atoms with Gasteiger partial charge >= 0.3 is 0 Å². The van der Waals surface area contributed by atoms with Gasteiger partial charge in [0.05, 0.1) is 17.3 Å². The molecule has 0 aliphatic rings. The lowest BCUT2D eigenvalue weighted by molar-refractivity contribution is -0.114. The highest BCUT2D eigenvalue weighted by Gasteiger charge is 2.06. The van der Waals surface area contributed by atoms with Crippen LogP contribution in [-0.2, 0) is 4.79 Å². The SMILES string of the molecule is CCN(CC)c1ccc(NCC(=O)Nc2ccccc2Cl)cc1. The van der Waals surface area contributed by atoms with E-state index in [9.17, 15) is 4.79 Å². The summed E-state index contributed by atoms with van der Waals surface area (Å²) < 4.78 is 0. The molecule has 0 bridgehead atoms. The summed E-state index contributed by atoms with van der Waals surface area (Å²) in [5, 5.41) is 6.43. The molecule has 0 aromatic heterocycles. The van der Waals surface area contributed by atoms with Crippen LogP contribution in [0.4, 0.5) is 17.1 Å². The Morgan fingerprint density at radius 3 is 2.30 bits per heavy atom. The molecule has 2 N–H and O–H groups in total. The zero-order chi connectivity index (χ0) is 16.7. The molecule has 0 aliphatic heterocycles. The van der Waals surface area contributed by atoms with Crippen molar-refractivity contribution in [2.75, 3.05) is 35.2 Å². The highest BCUT2D eigenvalue weighted by Crippen LogP contribution is 2.20. The fraction of sp³-hybridized carbons (Fsp3) is 0.278. The molecule has 23 heavy (non-hydrogen) atoms. The molecule has 0 aliphatic carbocycles. The second-order valence-electron chi connectivity index (χ2n) is 5.10. The quantitative estimate of drug-likeness (QED) is 0.797. The van der Waals surface area contributed by atoms with Gasteiger partial charge in [0.15, 0.2) is 0 Å². The molecular weight excluding hydrogens is 310 g/mol. The predicted molar refractivity (Wildman–Crippen MR) is 98.6 cm³/mol. The molecule has 0 heterocycles. The van der Waals surface area contributed by atoms with E-state index in [1.165, 1.54) is 5.69 Å². The number of nitrogens with one attached hydrogen (secondary N) is 2. The van der Waals surface area contributed by atoms with Gasteiger partial charge in [-0.3, -0.25) is 4.79 Å². The molecule has 5 heteroatoms. The topological polar surface area (TPSA) is 44.4 Å². The van der Waals surface area contributed by atoms with Crippen LogP contribution in [0.2, 0.25) is 5.02 Å². The lowest BCUT2D eigenvalue weighted by Crippen LogP contribution is -2.22. The molecule has 0 fully saturated rings. The second kappa shape index (κ2) is 8.44. The fourth-order valence-corrected chi connectivity index (χ4v) is 2.50. The van der Waals surface area contributed by atoms with Crippen molar-refractivity contribution in [3.63, 3.8) is 0 Å². The average Bonchev–Trinajstić information content (AvgIpc) is 2.57. The van der Waals surface area contributed by atoms with Gasteiger partial charge in [0.25, 0.3) is 0 Å². The Labute approximate surface area is 142 Å². The normalized spacial score (nSPS) is 10.2. The monoisotopic (exact) mass is 331 g/mol. The smallest absolute Gasteiger partial charge is 0.243 e. The number of para-hydroxylation sites is 1. The summed E-state index contributed by atoms with van der Waals surface area (Å²) in [5.74, 6) is -0.133. The summed E-state index contributed by atoms with van der Waals surface area (Å²) in [4.78, 5) is 14.2. The van der Waals surface area contributed by atoms with Crippen molar-refractivity contribution in [3.05, 3.63) is 53.6 Å². The van der Waals surface area contributed by atoms with Crippen molar-refractivity contribution in [2.45, 2.75) is 13.8 Å². The Kier molecular flexibility index (Phi) is 6.29. The van der Waals surface area contributed by atoms with Gasteiger partial charge in [-0.15, -0.1) is 0 Å². The summed E-state index contributed by atoms with van der Waals surface area (Å²) in [6.07, 6.45) is 0. The molecule has 122 valence electrons. The van der Waals surface area contributed by atoms with Gasteiger partial charge in [-0.2, -0.15) is 0 Å². The van der Waals surface area contributed by atoms with Crippen LogP contribution in [-0.4, -0.2) is 25.5 Å². The van der Waals surface area contributed by atoms with Crippen LogP contribution in [0.3, 0.4) is 0 Å². The molecule has 2 aromatic rings. The highest BCUT2D eigenvalue weighted by molar-refractivity contribution is 6.33. The van der Waals surface area contributed by atoms with Crippen molar-refractivity contribution in [1.82, 2.24) is 0 Å². The van der Waals surface area contributed by atoms with E-state index in [1.807, 2.05) is 24.3 Å². The minimum absolute atomic E-state index is 0.133. The summed E-state index contributed by atoms with van der Waals surface area (Å²) >= 11 is 6.02. The number of hydrogen-bond donors (Lipinski definition) is 2. The minimum atomic E-state index is -0.133. The average molecular weight is 332 g/mol.